The van der Waals surface area contributed by atoms with Crippen molar-refractivity contribution in [3.8, 4) is 11.8 Å². The first kappa shape index (κ1) is 18.5. The van der Waals surface area contributed by atoms with Crippen LogP contribution < -0.4 is 0 Å². The van der Waals surface area contributed by atoms with Crippen molar-refractivity contribution in [3.05, 3.63) is 87.7 Å². The highest BCUT2D eigenvalue weighted by Crippen LogP contribution is 2.26. The lowest BCUT2D eigenvalue weighted by Crippen LogP contribution is -1.98. The van der Waals surface area contributed by atoms with E-state index in [-0.39, 0.29) is 5.56 Å². The number of carbonyl (C=O) groups is 1. The third-order valence-electron chi connectivity index (χ3n) is 4.42. The molecule has 134 valence electrons. The van der Waals surface area contributed by atoms with Crippen LogP contribution >= 0.6 is 11.6 Å². The molecule has 0 atom stereocenters. The molecule has 0 saturated carbocycles. The highest BCUT2D eigenvalue weighted by molar-refractivity contribution is 6.30. The van der Waals surface area contributed by atoms with Crippen LogP contribution in [0.4, 0.5) is 0 Å². The molecule has 2 aromatic carbocycles. The molecule has 0 aliphatic rings. The summed E-state index contributed by atoms with van der Waals surface area (Å²) in [6.45, 7) is 4.00. The van der Waals surface area contributed by atoms with Crippen LogP contribution in [0.15, 0.2) is 54.6 Å². The van der Waals surface area contributed by atoms with Gasteiger partial charge in [-0.3, -0.25) is 0 Å². The van der Waals surface area contributed by atoms with Crippen LogP contribution in [-0.2, 0) is 0 Å². The van der Waals surface area contributed by atoms with E-state index >= 15 is 0 Å². The molecule has 0 saturated heterocycles. The van der Waals surface area contributed by atoms with Crippen molar-refractivity contribution in [1.29, 1.82) is 5.26 Å². The largest absolute Gasteiger partial charge is 0.478 e. The zero-order chi connectivity index (χ0) is 19.6. The molecule has 0 spiro atoms. The predicted octanol–water partition coefficient (Wildman–Crippen LogP) is 5.51. The lowest BCUT2D eigenvalue weighted by atomic mass is 10.0. The molecule has 0 amide bonds. The van der Waals surface area contributed by atoms with Gasteiger partial charge in [0, 0.05) is 22.1 Å². The zero-order valence-electron chi connectivity index (χ0n) is 14.9. The highest BCUT2D eigenvalue weighted by atomic mass is 35.5. The Labute approximate surface area is 162 Å². The average Bonchev–Trinajstić information content (AvgIpc) is 2.94. The molecule has 1 N–H and O–H groups in total. The molecular formula is C22H17ClN2O2. The van der Waals surface area contributed by atoms with Crippen LogP contribution in [-0.4, -0.2) is 15.6 Å². The summed E-state index contributed by atoms with van der Waals surface area (Å²) >= 11 is 5.98. The number of allylic oxidation sites excluding steroid dienone is 1. The molecule has 3 rings (SSSR count). The summed E-state index contributed by atoms with van der Waals surface area (Å²) in [6, 6.07) is 18.1. The van der Waals surface area contributed by atoms with Crippen LogP contribution in [0.2, 0.25) is 5.02 Å². The smallest absolute Gasteiger partial charge is 0.335 e. The number of carboxylic acids is 1. The van der Waals surface area contributed by atoms with Gasteiger partial charge in [-0.1, -0.05) is 23.7 Å². The van der Waals surface area contributed by atoms with E-state index in [9.17, 15) is 10.1 Å². The number of aryl methyl sites for hydroxylation is 1. The van der Waals surface area contributed by atoms with Crippen LogP contribution in [0, 0.1) is 25.2 Å². The van der Waals surface area contributed by atoms with Crippen molar-refractivity contribution in [2.75, 3.05) is 0 Å². The van der Waals surface area contributed by atoms with E-state index in [2.05, 4.69) is 10.6 Å². The van der Waals surface area contributed by atoms with Crippen LogP contribution in [0.5, 0.6) is 0 Å². The number of rotatable bonds is 4. The Morgan fingerprint density at radius 1 is 1.07 bits per heavy atom. The van der Waals surface area contributed by atoms with Crippen molar-refractivity contribution in [3.63, 3.8) is 0 Å². The topological polar surface area (TPSA) is 66.0 Å². The molecule has 5 heteroatoms. The van der Waals surface area contributed by atoms with Crippen molar-refractivity contribution in [1.82, 2.24) is 4.57 Å². The quantitative estimate of drug-likeness (QED) is 0.610. The van der Waals surface area contributed by atoms with Gasteiger partial charge in [0.15, 0.2) is 0 Å². The molecule has 27 heavy (non-hydrogen) atoms. The van der Waals surface area contributed by atoms with Gasteiger partial charge in [0.1, 0.15) is 0 Å². The highest BCUT2D eigenvalue weighted by Gasteiger charge is 2.11. The summed E-state index contributed by atoms with van der Waals surface area (Å²) in [7, 11) is 0. The first-order valence-corrected chi connectivity index (χ1v) is 8.69. The number of benzene rings is 2. The monoisotopic (exact) mass is 376 g/mol. The summed E-state index contributed by atoms with van der Waals surface area (Å²) < 4.78 is 2.10. The molecule has 4 nitrogen and oxygen atoms in total. The average molecular weight is 377 g/mol. The normalized spacial score (nSPS) is 11.3. The SMILES string of the molecule is Cc1cc(/C=C(\C#N)c2ccc(C(=O)O)cc2)c(C)n1-c1ccc(Cl)cc1. The minimum Gasteiger partial charge on any atom is -0.478 e. The number of carboxylic acid groups (broad SMARTS) is 1. The van der Waals surface area contributed by atoms with Crippen molar-refractivity contribution in [2.45, 2.75) is 13.8 Å². The Morgan fingerprint density at radius 2 is 1.67 bits per heavy atom. The van der Waals surface area contributed by atoms with Crippen molar-refractivity contribution < 1.29 is 9.90 Å². The second kappa shape index (κ2) is 7.53. The minimum absolute atomic E-state index is 0.192. The van der Waals surface area contributed by atoms with Gasteiger partial charge < -0.3 is 9.67 Å². The third-order valence-corrected chi connectivity index (χ3v) is 4.67. The lowest BCUT2D eigenvalue weighted by Gasteiger charge is -2.09. The number of halogens is 1. The zero-order valence-corrected chi connectivity index (χ0v) is 15.7. The molecule has 0 aliphatic heterocycles. The number of nitrogens with zero attached hydrogens (tertiary/aromatic N) is 2. The van der Waals surface area contributed by atoms with Crippen LogP contribution in [0.25, 0.3) is 17.3 Å². The summed E-state index contributed by atoms with van der Waals surface area (Å²) in [5.41, 5.74) is 5.32. The van der Waals surface area contributed by atoms with Crippen LogP contribution in [0.3, 0.4) is 0 Å². The van der Waals surface area contributed by atoms with Crippen LogP contribution in [0.1, 0.15) is 32.9 Å². The van der Waals surface area contributed by atoms with E-state index in [0.29, 0.717) is 16.2 Å². The molecule has 0 bridgehead atoms. The first-order chi connectivity index (χ1) is 12.9. The molecule has 1 aromatic heterocycles. The number of hydrogen-bond acceptors (Lipinski definition) is 2. The predicted molar refractivity (Wildman–Crippen MR) is 107 cm³/mol. The fraction of sp³-hybridized carbons (Fsp3) is 0.0909. The summed E-state index contributed by atoms with van der Waals surface area (Å²) in [5.74, 6) is -0.990. The molecular weight excluding hydrogens is 360 g/mol. The van der Waals surface area contributed by atoms with E-state index in [4.69, 9.17) is 16.7 Å². The molecule has 0 aliphatic carbocycles. The van der Waals surface area contributed by atoms with Crippen molar-refractivity contribution in [2.24, 2.45) is 0 Å². The fourth-order valence-electron chi connectivity index (χ4n) is 3.05. The standard InChI is InChI=1S/C22H17ClN2O2/c1-14-11-18(15(2)25(14)21-9-7-20(23)8-10-21)12-19(13-24)16-3-5-17(6-4-16)22(26)27/h3-12H,1-2H3,(H,26,27)/b19-12+. The van der Waals surface area contributed by atoms with Gasteiger partial charge >= 0.3 is 5.97 Å². The maximum Gasteiger partial charge on any atom is 0.335 e. The molecule has 0 fully saturated rings. The van der Waals surface area contributed by atoms with Gasteiger partial charge in [0.2, 0.25) is 0 Å². The van der Waals surface area contributed by atoms with E-state index < -0.39 is 5.97 Å². The molecule has 0 unspecified atom stereocenters. The summed E-state index contributed by atoms with van der Waals surface area (Å²) in [5, 5.41) is 19.3. The second-order valence-corrected chi connectivity index (χ2v) is 6.63. The number of hydrogen-bond donors (Lipinski definition) is 1. The number of aromatic nitrogens is 1. The Kier molecular flexibility index (Phi) is 5.16. The van der Waals surface area contributed by atoms with Gasteiger partial charge in [-0.2, -0.15) is 5.26 Å². The fourth-order valence-corrected chi connectivity index (χ4v) is 3.18. The first-order valence-electron chi connectivity index (χ1n) is 8.31. The van der Waals surface area contributed by atoms with Gasteiger partial charge in [0.25, 0.3) is 0 Å². The van der Waals surface area contributed by atoms with Crippen molar-refractivity contribution >= 4 is 29.2 Å². The van der Waals surface area contributed by atoms with E-state index in [0.717, 1.165) is 22.6 Å². The number of nitriles is 1. The Bertz CT molecular complexity index is 1070. The Hall–Kier alpha value is -3.29. The lowest BCUT2D eigenvalue weighted by molar-refractivity contribution is 0.0697. The Morgan fingerprint density at radius 3 is 2.22 bits per heavy atom. The van der Waals surface area contributed by atoms with Gasteiger partial charge in [-0.15, -0.1) is 0 Å². The second-order valence-electron chi connectivity index (χ2n) is 6.19. The third kappa shape index (κ3) is 3.79. The molecule has 3 aromatic rings. The minimum atomic E-state index is -0.990. The molecule has 1 heterocycles. The molecule has 0 radical (unpaired) electrons. The van der Waals surface area contributed by atoms with Gasteiger partial charge in [0.05, 0.1) is 17.2 Å². The van der Waals surface area contributed by atoms with Gasteiger partial charge in [-0.05, 0) is 73.5 Å². The maximum atomic E-state index is 11.0. The maximum absolute atomic E-state index is 11.0. The number of aromatic carboxylic acids is 1. The van der Waals surface area contributed by atoms with Gasteiger partial charge in [-0.25, -0.2) is 4.79 Å². The van der Waals surface area contributed by atoms with E-state index in [1.165, 1.54) is 12.1 Å². The summed E-state index contributed by atoms with van der Waals surface area (Å²) in [4.78, 5) is 11.0. The summed E-state index contributed by atoms with van der Waals surface area (Å²) in [6.07, 6.45) is 1.82. The Balaban J connectivity index is 2.03. The van der Waals surface area contributed by atoms with E-state index in [1.807, 2.05) is 50.3 Å². The van der Waals surface area contributed by atoms with E-state index in [1.54, 1.807) is 12.1 Å².